The lowest BCUT2D eigenvalue weighted by molar-refractivity contribution is -0.192. The molecule has 4 aromatic rings. The van der Waals surface area contributed by atoms with Crippen LogP contribution in [-0.4, -0.2) is 44.8 Å². The van der Waals surface area contributed by atoms with Crippen LogP contribution in [0.5, 0.6) is 0 Å². The average Bonchev–Trinajstić information content (AvgIpc) is 2.94. The highest BCUT2D eigenvalue weighted by Crippen LogP contribution is 2.21. The molecule has 208 valence electrons. The van der Waals surface area contributed by atoms with Crippen LogP contribution in [0.15, 0.2) is 103 Å². The lowest BCUT2D eigenvalue weighted by Gasteiger charge is -2.22. The van der Waals surface area contributed by atoms with Crippen molar-refractivity contribution in [3.63, 3.8) is 0 Å². The maximum atomic E-state index is 11.1. The summed E-state index contributed by atoms with van der Waals surface area (Å²) in [5.41, 5.74) is 6.09. The number of aromatic nitrogens is 1. The van der Waals surface area contributed by atoms with E-state index in [0.29, 0.717) is 5.56 Å². The summed E-state index contributed by atoms with van der Waals surface area (Å²) >= 11 is 0. The van der Waals surface area contributed by atoms with Crippen LogP contribution < -0.4 is 0 Å². The number of rotatable bonds is 10. The summed E-state index contributed by atoms with van der Waals surface area (Å²) < 4.78 is 31.7. The molecule has 0 unspecified atom stereocenters. The molecule has 0 bridgehead atoms. The van der Waals surface area contributed by atoms with Gasteiger partial charge in [0.05, 0.1) is 11.3 Å². The second-order valence-corrected chi connectivity index (χ2v) is 9.00. The first-order valence-corrected chi connectivity index (χ1v) is 12.5. The Morgan fingerprint density at radius 2 is 1.30 bits per heavy atom. The van der Waals surface area contributed by atoms with Crippen LogP contribution in [-0.2, 0) is 24.3 Å². The molecular weight excluding hydrogens is 521 g/mol. The van der Waals surface area contributed by atoms with Crippen LogP contribution in [0.1, 0.15) is 33.6 Å². The highest BCUT2D eigenvalue weighted by atomic mass is 19.4. The van der Waals surface area contributed by atoms with Gasteiger partial charge in [-0.05, 0) is 65.9 Å². The molecule has 0 fully saturated rings. The zero-order valence-electron chi connectivity index (χ0n) is 21.6. The molecule has 40 heavy (non-hydrogen) atoms. The van der Waals surface area contributed by atoms with Crippen LogP contribution >= 0.6 is 0 Å². The normalized spacial score (nSPS) is 11.0. The number of aliphatic carboxylic acids is 1. The molecule has 0 aliphatic heterocycles. The number of alkyl halides is 3. The first kappa shape index (κ1) is 30.0. The number of carboxylic acids is 2. The SMILES string of the molecule is O=C(O)C(F)(F)F.O=C(O)c1ccc(-c2ccc(CN(CCCc3ccccc3)Cc3ccccn3)cc2)cc1. The zero-order chi connectivity index (χ0) is 29.0. The molecule has 0 radical (unpaired) electrons. The molecule has 1 aromatic heterocycles. The minimum Gasteiger partial charge on any atom is -0.478 e. The van der Waals surface area contributed by atoms with E-state index in [0.717, 1.165) is 49.3 Å². The van der Waals surface area contributed by atoms with E-state index in [9.17, 15) is 18.0 Å². The van der Waals surface area contributed by atoms with E-state index in [1.54, 1.807) is 12.1 Å². The first-order chi connectivity index (χ1) is 19.1. The number of aryl methyl sites for hydroxylation is 1. The van der Waals surface area contributed by atoms with E-state index in [1.165, 1.54) is 11.1 Å². The Balaban J connectivity index is 0.000000559. The number of halogens is 3. The largest absolute Gasteiger partial charge is 0.490 e. The lowest BCUT2D eigenvalue weighted by Crippen LogP contribution is -2.25. The van der Waals surface area contributed by atoms with Crippen molar-refractivity contribution in [2.75, 3.05) is 6.54 Å². The van der Waals surface area contributed by atoms with E-state index >= 15 is 0 Å². The van der Waals surface area contributed by atoms with Gasteiger partial charge in [-0.3, -0.25) is 9.88 Å². The lowest BCUT2D eigenvalue weighted by atomic mass is 10.0. The molecule has 0 aliphatic rings. The van der Waals surface area contributed by atoms with Crippen molar-refractivity contribution in [1.82, 2.24) is 9.88 Å². The van der Waals surface area contributed by atoms with Gasteiger partial charge in [0.2, 0.25) is 0 Å². The molecule has 0 saturated heterocycles. The number of aromatic carboxylic acids is 1. The molecule has 0 amide bonds. The van der Waals surface area contributed by atoms with Crippen LogP contribution in [0.2, 0.25) is 0 Å². The van der Waals surface area contributed by atoms with Crippen molar-refractivity contribution in [1.29, 1.82) is 0 Å². The quantitative estimate of drug-likeness (QED) is 0.228. The molecule has 6 nitrogen and oxygen atoms in total. The van der Waals surface area contributed by atoms with Gasteiger partial charge in [0.25, 0.3) is 0 Å². The Morgan fingerprint density at radius 3 is 1.82 bits per heavy atom. The van der Waals surface area contributed by atoms with Gasteiger partial charge in [0, 0.05) is 19.3 Å². The molecule has 0 spiro atoms. The summed E-state index contributed by atoms with van der Waals surface area (Å²) in [5.74, 6) is -3.66. The first-order valence-electron chi connectivity index (χ1n) is 12.5. The topological polar surface area (TPSA) is 90.7 Å². The molecule has 3 aromatic carbocycles. The third-order valence-corrected chi connectivity index (χ3v) is 5.96. The van der Waals surface area contributed by atoms with Gasteiger partial charge in [-0.15, -0.1) is 0 Å². The Kier molecular flexibility index (Phi) is 11.0. The van der Waals surface area contributed by atoms with Crippen molar-refractivity contribution < 1.29 is 33.0 Å². The number of hydrogen-bond donors (Lipinski definition) is 2. The smallest absolute Gasteiger partial charge is 0.478 e. The molecule has 0 aliphatic carbocycles. The van der Waals surface area contributed by atoms with E-state index in [4.69, 9.17) is 15.0 Å². The molecule has 9 heteroatoms. The van der Waals surface area contributed by atoms with Crippen molar-refractivity contribution in [3.8, 4) is 11.1 Å². The summed E-state index contributed by atoms with van der Waals surface area (Å²) in [7, 11) is 0. The Morgan fingerprint density at radius 1 is 0.725 bits per heavy atom. The number of hydrogen-bond acceptors (Lipinski definition) is 4. The van der Waals surface area contributed by atoms with E-state index in [-0.39, 0.29) is 0 Å². The minimum absolute atomic E-state index is 0.302. The van der Waals surface area contributed by atoms with Gasteiger partial charge in [0.1, 0.15) is 0 Å². The summed E-state index contributed by atoms with van der Waals surface area (Å²) in [6, 6.07) is 32.2. The summed E-state index contributed by atoms with van der Waals surface area (Å²) in [6.07, 6.45) is -1.09. The summed E-state index contributed by atoms with van der Waals surface area (Å²) in [4.78, 5) is 26.9. The minimum atomic E-state index is -5.08. The monoisotopic (exact) mass is 550 g/mol. The highest BCUT2D eigenvalue weighted by molar-refractivity contribution is 5.88. The molecular formula is C31H29F3N2O4. The Bertz CT molecular complexity index is 1350. The molecule has 2 N–H and O–H groups in total. The van der Waals surface area contributed by atoms with Crippen molar-refractivity contribution >= 4 is 11.9 Å². The predicted molar refractivity (Wildman–Crippen MR) is 146 cm³/mol. The summed E-state index contributed by atoms with van der Waals surface area (Å²) in [6.45, 7) is 2.65. The van der Waals surface area contributed by atoms with Crippen LogP contribution in [0.25, 0.3) is 11.1 Å². The second kappa shape index (κ2) is 14.6. The van der Waals surface area contributed by atoms with E-state index in [2.05, 4.69) is 70.5 Å². The van der Waals surface area contributed by atoms with Crippen LogP contribution in [0.3, 0.4) is 0 Å². The van der Waals surface area contributed by atoms with Gasteiger partial charge in [-0.25, -0.2) is 9.59 Å². The van der Waals surface area contributed by atoms with Gasteiger partial charge in [-0.2, -0.15) is 13.2 Å². The standard InChI is InChI=1S/C29H28N2O2.C2HF3O2/c32-29(33)27-17-15-26(16-18-27)25-13-11-24(12-14-25)21-31(22-28-10-4-5-19-30-28)20-6-9-23-7-2-1-3-8-23;3-2(4,5)1(6)7/h1-5,7-8,10-19H,6,9,20-22H2,(H,32,33);(H,6,7). The predicted octanol–water partition coefficient (Wildman–Crippen LogP) is 6.72. The van der Waals surface area contributed by atoms with Crippen molar-refractivity contribution in [2.24, 2.45) is 0 Å². The van der Waals surface area contributed by atoms with E-state index < -0.39 is 18.1 Å². The van der Waals surface area contributed by atoms with E-state index in [1.807, 2.05) is 30.5 Å². The van der Waals surface area contributed by atoms with Crippen LogP contribution in [0, 0.1) is 0 Å². The number of pyridine rings is 1. The van der Waals surface area contributed by atoms with Crippen LogP contribution in [0.4, 0.5) is 13.2 Å². The Hall–Kier alpha value is -4.50. The number of benzene rings is 3. The van der Waals surface area contributed by atoms with Gasteiger partial charge in [0.15, 0.2) is 0 Å². The molecule has 0 atom stereocenters. The third kappa shape index (κ3) is 9.99. The van der Waals surface area contributed by atoms with Gasteiger partial charge in [-0.1, -0.05) is 72.8 Å². The fourth-order valence-electron chi connectivity index (χ4n) is 3.95. The number of carboxylic acid groups (broad SMARTS) is 2. The van der Waals surface area contributed by atoms with Gasteiger partial charge >= 0.3 is 18.1 Å². The van der Waals surface area contributed by atoms with Crippen molar-refractivity contribution in [3.05, 3.63) is 126 Å². The maximum absolute atomic E-state index is 11.1. The maximum Gasteiger partial charge on any atom is 0.490 e. The summed E-state index contributed by atoms with van der Waals surface area (Å²) in [5, 5.41) is 16.2. The third-order valence-electron chi connectivity index (χ3n) is 5.96. The zero-order valence-corrected chi connectivity index (χ0v) is 21.6. The fraction of sp³-hybridized carbons (Fsp3) is 0.194. The molecule has 4 rings (SSSR count). The fourth-order valence-corrected chi connectivity index (χ4v) is 3.95. The molecule has 0 saturated carbocycles. The van der Waals surface area contributed by atoms with Gasteiger partial charge < -0.3 is 10.2 Å². The molecule has 1 heterocycles. The highest BCUT2D eigenvalue weighted by Gasteiger charge is 2.38. The second-order valence-electron chi connectivity index (χ2n) is 9.00. The number of nitrogens with zero attached hydrogens (tertiary/aromatic N) is 2. The Labute approximate surface area is 230 Å². The van der Waals surface area contributed by atoms with Crippen molar-refractivity contribution in [2.45, 2.75) is 32.1 Å². The average molecular weight is 551 g/mol. The number of carbonyl (C=O) groups is 2.